The van der Waals surface area contributed by atoms with E-state index in [4.69, 9.17) is 5.11 Å². The summed E-state index contributed by atoms with van der Waals surface area (Å²) in [7, 11) is -3.23. The van der Waals surface area contributed by atoms with Crippen LogP contribution in [0.2, 0.25) is 0 Å². The Kier molecular flexibility index (Phi) is 8.15. The van der Waals surface area contributed by atoms with Gasteiger partial charge in [0.15, 0.2) is 0 Å². The first-order valence-corrected chi connectivity index (χ1v) is 10.3. The van der Waals surface area contributed by atoms with Crippen LogP contribution in [0.15, 0.2) is 0 Å². The molecule has 0 aromatic heterocycles. The van der Waals surface area contributed by atoms with Gasteiger partial charge >= 0.3 is 5.97 Å². The summed E-state index contributed by atoms with van der Waals surface area (Å²) in [4.78, 5) is 25.1. The van der Waals surface area contributed by atoms with Gasteiger partial charge in [0, 0.05) is 25.6 Å². The number of piperidine rings is 1. The number of carboxylic acids is 1. The van der Waals surface area contributed by atoms with Crippen molar-refractivity contribution in [2.45, 2.75) is 58.9 Å². The molecule has 8 heteroatoms. The molecule has 1 atom stereocenters. The van der Waals surface area contributed by atoms with Gasteiger partial charge < -0.3 is 10.0 Å². The van der Waals surface area contributed by atoms with E-state index < -0.39 is 16.0 Å². The van der Waals surface area contributed by atoms with Crippen molar-refractivity contribution in [1.29, 1.82) is 0 Å². The highest BCUT2D eigenvalue weighted by Crippen LogP contribution is 2.21. The van der Waals surface area contributed by atoms with Crippen LogP contribution in [0.5, 0.6) is 0 Å². The highest BCUT2D eigenvalue weighted by molar-refractivity contribution is 7.89. The third-order valence-electron chi connectivity index (χ3n) is 4.55. The quantitative estimate of drug-likeness (QED) is 0.671. The summed E-state index contributed by atoms with van der Waals surface area (Å²) in [5.41, 5.74) is 0. The Morgan fingerprint density at radius 3 is 2.29 bits per heavy atom. The number of hydrogen-bond donors (Lipinski definition) is 1. The molecule has 1 unspecified atom stereocenters. The van der Waals surface area contributed by atoms with Gasteiger partial charge in [-0.2, -0.15) is 0 Å². The van der Waals surface area contributed by atoms with Crippen LogP contribution in [0.25, 0.3) is 0 Å². The van der Waals surface area contributed by atoms with E-state index in [0.29, 0.717) is 32.4 Å². The third kappa shape index (κ3) is 6.05. The molecule has 1 saturated heterocycles. The van der Waals surface area contributed by atoms with Crippen molar-refractivity contribution in [1.82, 2.24) is 9.21 Å². The number of nitrogens with zero attached hydrogens (tertiary/aromatic N) is 2. The van der Waals surface area contributed by atoms with Gasteiger partial charge in [-0.15, -0.1) is 0 Å². The minimum Gasteiger partial charge on any atom is -0.480 e. The van der Waals surface area contributed by atoms with E-state index in [2.05, 4.69) is 6.92 Å². The van der Waals surface area contributed by atoms with E-state index in [-0.39, 0.29) is 30.2 Å². The lowest BCUT2D eigenvalue weighted by atomic mass is 9.99. The molecule has 0 aliphatic carbocycles. The third-order valence-corrected chi connectivity index (χ3v) is 6.43. The zero-order valence-electron chi connectivity index (χ0n) is 14.9. The van der Waals surface area contributed by atoms with Crippen molar-refractivity contribution in [3.8, 4) is 0 Å². The molecule has 140 valence electrons. The Labute approximate surface area is 145 Å². The number of aliphatic carboxylic acids is 1. The molecule has 0 aromatic rings. The van der Waals surface area contributed by atoms with Crippen LogP contribution < -0.4 is 0 Å². The van der Waals surface area contributed by atoms with E-state index in [1.54, 1.807) is 6.92 Å². The molecule has 1 aliphatic heterocycles. The predicted octanol–water partition coefficient (Wildman–Crippen LogP) is 1.54. The highest BCUT2D eigenvalue weighted by Gasteiger charge is 2.32. The summed E-state index contributed by atoms with van der Waals surface area (Å²) in [6.45, 7) is 6.03. The summed E-state index contributed by atoms with van der Waals surface area (Å²) >= 11 is 0. The molecular formula is C16H30N2O5S. The van der Waals surface area contributed by atoms with E-state index in [1.807, 2.05) is 6.92 Å². The molecule has 0 spiro atoms. The highest BCUT2D eigenvalue weighted by atomic mass is 32.2. The molecule has 0 saturated carbocycles. The normalized spacial score (nSPS) is 18.3. The summed E-state index contributed by atoms with van der Waals surface area (Å²) in [5, 5.41) is 9.12. The molecular weight excluding hydrogens is 332 g/mol. The van der Waals surface area contributed by atoms with Crippen molar-refractivity contribution in [2.75, 3.05) is 25.4 Å². The molecule has 7 nitrogen and oxygen atoms in total. The number of amides is 1. The lowest BCUT2D eigenvalue weighted by Crippen LogP contribution is -2.50. The monoisotopic (exact) mass is 362 g/mol. The van der Waals surface area contributed by atoms with Crippen LogP contribution in [0.3, 0.4) is 0 Å². The van der Waals surface area contributed by atoms with Crippen molar-refractivity contribution in [3.63, 3.8) is 0 Å². The summed E-state index contributed by atoms with van der Waals surface area (Å²) in [5.74, 6) is -0.895. The zero-order chi connectivity index (χ0) is 18.3. The molecule has 1 rings (SSSR count). The van der Waals surface area contributed by atoms with E-state index in [1.165, 1.54) is 9.21 Å². The van der Waals surface area contributed by atoms with Gasteiger partial charge in [0.2, 0.25) is 15.9 Å². The standard InChI is InChI=1S/C16H30N2O5S/c1-4-6-13(3)11-15(19)18(12-16(20)21)14-7-9-17(10-8-14)24(22,23)5-2/h13-14H,4-12H2,1-3H3,(H,20,21). The Morgan fingerprint density at radius 2 is 1.83 bits per heavy atom. The molecule has 24 heavy (non-hydrogen) atoms. The molecule has 1 heterocycles. The van der Waals surface area contributed by atoms with Gasteiger partial charge in [-0.25, -0.2) is 12.7 Å². The van der Waals surface area contributed by atoms with E-state index in [0.717, 1.165) is 12.8 Å². The topological polar surface area (TPSA) is 95.0 Å². The minimum absolute atomic E-state index is 0.0595. The fraction of sp³-hybridized carbons (Fsp3) is 0.875. The maximum atomic E-state index is 12.5. The Bertz CT molecular complexity index is 527. The second kappa shape index (κ2) is 9.36. The second-order valence-corrected chi connectivity index (χ2v) is 8.80. The number of carbonyl (C=O) groups excluding carboxylic acids is 1. The molecule has 0 radical (unpaired) electrons. The molecule has 0 bridgehead atoms. The van der Waals surface area contributed by atoms with Crippen LogP contribution in [-0.2, 0) is 19.6 Å². The molecule has 1 amide bonds. The Balaban J connectivity index is 2.73. The average Bonchev–Trinajstić information content (AvgIpc) is 2.52. The lowest BCUT2D eigenvalue weighted by Gasteiger charge is -2.37. The summed E-state index contributed by atoms with van der Waals surface area (Å²) < 4.78 is 25.3. The Morgan fingerprint density at radius 1 is 1.25 bits per heavy atom. The van der Waals surface area contributed by atoms with Crippen molar-refractivity contribution < 1.29 is 23.1 Å². The van der Waals surface area contributed by atoms with Crippen molar-refractivity contribution in [3.05, 3.63) is 0 Å². The van der Waals surface area contributed by atoms with Crippen LogP contribution in [0.1, 0.15) is 52.9 Å². The summed E-state index contributed by atoms with van der Waals surface area (Å²) in [6.07, 6.45) is 3.23. The number of carbonyl (C=O) groups is 2. The fourth-order valence-corrected chi connectivity index (χ4v) is 4.32. The van der Waals surface area contributed by atoms with E-state index in [9.17, 15) is 18.0 Å². The first-order valence-electron chi connectivity index (χ1n) is 8.70. The van der Waals surface area contributed by atoms with Gasteiger partial charge in [-0.05, 0) is 25.7 Å². The molecule has 1 fully saturated rings. The zero-order valence-corrected chi connectivity index (χ0v) is 15.7. The molecule has 0 aromatic carbocycles. The second-order valence-electron chi connectivity index (χ2n) is 6.54. The Hall–Kier alpha value is -1.15. The van der Waals surface area contributed by atoms with Crippen molar-refractivity contribution >= 4 is 21.9 Å². The first kappa shape index (κ1) is 20.9. The van der Waals surface area contributed by atoms with Gasteiger partial charge in [0.05, 0.1) is 5.75 Å². The van der Waals surface area contributed by atoms with Crippen molar-refractivity contribution in [2.24, 2.45) is 5.92 Å². The maximum absolute atomic E-state index is 12.5. The first-order chi connectivity index (χ1) is 11.2. The molecule has 1 aliphatic rings. The minimum atomic E-state index is -3.23. The van der Waals surface area contributed by atoms with Gasteiger partial charge in [-0.1, -0.05) is 26.7 Å². The van der Waals surface area contributed by atoms with Gasteiger partial charge in [0.25, 0.3) is 0 Å². The van der Waals surface area contributed by atoms with E-state index >= 15 is 0 Å². The maximum Gasteiger partial charge on any atom is 0.323 e. The van der Waals surface area contributed by atoms with Crippen LogP contribution >= 0.6 is 0 Å². The smallest absolute Gasteiger partial charge is 0.323 e. The predicted molar refractivity (Wildman–Crippen MR) is 92.1 cm³/mol. The average molecular weight is 362 g/mol. The lowest BCUT2D eigenvalue weighted by molar-refractivity contribution is -0.147. The number of carboxylic acid groups (broad SMARTS) is 1. The summed E-state index contributed by atoms with van der Waals surface area (Å²) in [6, 6.07) is -0.203. The fourth-order valence-electron chi connectivity index (χ4n) is 3.19. The van der Waals surface area contributed by atoms with Crippen LogP contribution in [0.4, 0.5) is 0 Å². The number of sulfonamides is 1. The largest absolute Gasteiger partial charge is 0.480 e. The van der Waals surface area contributed by atoms with Gasteiger partial charge in [0.1, 0.15) is 6.54 Å². The van der Waals surface area contributed by atoms with Crippen LogP contribution in [-0.4, -0.2) is 66.0 Å². The molecule has 1 N–H and O–H groups in total. The SMILES string of the molecule is CCCC(C)CC(=O)N(CC(=O)O)C1CCN(S(=O)(=O)CC)CC1. The number of hydrogen-bond acceptors (Lipinski definition) is 4. The number of rotatable bonds is 9. The van der Waals surface area contributed by atoms with Gasteiger partial charge in [-0.3, -0.25) is 9.59 Å². The van der Waals surface area contributed by atoms with Crippen LogP contribution in [0, 0.1) is 5.92 Å².